The fraction of sp³-hybridized carbons (Fsp3) is 0.235. The van der Waals surface area contributed by atoms with Gasteiger partial charge in [0.15, 0.2) is 0 Å². The van der Waals surface area contributed by atoms with Gasteiger partial charge in [0.25, 0.3) is 0 Å². The van der Waals surface area contributed by atoms with Crippen molar-refractivity contribution in [2.24, 2.45) is 4.99 Å². The summed E-state index contributed by atoms with van der Waals surface area (Å²) in [5.41, 5.74) is 3.53. The number of rotatable bonds is 3. The molecule has 0 amide bonds. The van der Waals surface area contributed by atoms with Gasteiger partial charge >= 0.3 is 0 Å². The Hall–Kier alpha value is -1.20. The first-order chi connectivity index (χ1) is 9.78. The molecule has 102 valence electrons. The third kappa shape index (κ3) is 2.79. The lowest BCUT2D eigenvalue weighted by molar-refractivity contribution is 0.256. The zero-order chi connectivity index (χ0) is 13.9. The molecular formula is C17H16INO. The SMILES string of the molecule is OC[C@H]1N=C(c2ccccc2)C[C@@H]1c1ccc(I)cc1. The Kier molecular flexibility index (Phi) is 4.17. The number of aliphatic imine (C=N–C) groups is 1. The summed E-state index contributed by atoms with van der Waals surface area (Å²) in [6, 6.07) is 18.8. The Bertz CT molecular complexity index is 607. The Morgan fingerprint density at radius 1 is 1.05 bits per heavy atom. The minimum atomic E-state index is -0.0229. The minimum Gasteiger partial charge on any atom is -0.394 e. The van der Waals surface area contributed by atoms with Crippen molar-refractivity contribution < 1.29 is 5.11 Å². The van der Waals surface area contributed by atoms with Crippen LogP contribution in [0.5, 0.6) is 0 Å². The van der Waals surface area contributed by atoms with Crippen LogP contribution in [0.4, 0.5) is 0 Å². The Balaban J connectivity index is 1.87. The smallest absolute Gasteiger partial charge is 0.0805 e. The molecule has 2 aromatic carbocycles. The van der Waals surface area contributed by atoms with Crippen LogP contribution in [0.2, 0.25) is 0 Å². The molecule has 1 heterocycles. The van der Waals surface area contributed by atoms with Gasteiger partial charge in [0.05, 0.1) is 12.6 Å². The van der Waals surface area contributed by atoms with Gasteiger partial charge in [-0.1, -0.05) is 42.5 Å². The van der Waals surface area contributed by atoms with E-state index >= 15 is 0 Å². The normalized spacial score (nSPS) is 21.8. The molecule has 2 atom stereocenters. The van der Waals surface area contributed by atoms with Gasteiger partial charge in [-0.3, -0.25) is 4.99 Å². The molecule has 1 aliphatic heterocycles. The summed E-state index contributed by atoms with van der Waals surface area (Å²) >= 11 is 2.31. The largest absolute Gasteiger partial charge is 0.394 e. The second-order valence-corrected chi connectivity index (χ2v) is 6.30. The molecule has 0 saturated heterocycles. The van der Waals surface area contributed by atoms with Gasteiger partial charge in [-0.25, -0.2) is 0 Å². The summed E-state index contributed by atoms with van der Waals surface area (Å²) in [6.07, 6.45) is 0.899. The first kappa shape index (κ1) is 13.8. The van der Waals surface area contributed by atoms with E-state index in [-0.39, 0.29) is 18.6 Å². The van der Waals surface area contributed by atoms with E-state index in [1.807, 2.05) is 18.2 Å². The second kappa shape index (κ2) is 6.06. The van der Waals surface area contributed by atoms with Crippen molar-refractivity contribution in [3.05, 3.63) is 69.3 Å². The first-order valence-corrected chi connectivity index (χ1v) is 7.84. The quantitative estimate of drug-likeness (QED) is 0.815. The number of hydrogen-bond donors (Lipinski definition) is 1. The molecule has 0 bridgehead atoms. The molecule has 0 radical (unpaired) electrons. The predicted molar refractivity (Wildman–Crippen MR) is 90.4 cm³/mol. The molecule has 0 fully saturated rings. The lowest BCUT2D eigenvalue weighted by Gasteiger charge is -2.16. The lowest BCUT2D eigenvalue weighted by Crippen LogP contribution is -2.16. The maximum absolute atomic E-state index is 9.61. The molecule has 3 rings (SSSR count). The van der Waals surface area contributed by atoms with Crippen molar-refractivity contribution in [2.75, 3.05) is 6.61 Å². The zero-order valence-electron chi connectivity index (χ0n) is 11.0. The zero-order valence-corrected chi connectivity index (χ0v) is 13.2. The molecule has 0 spiro atoms. The van der Waals surface area contributed by atoms with Gasteiger partial charge in [0.1, 0.15) is 0 Å². The number of nitrogens with zero attached hydrogens (tertiary/aromatic N) is 1. The number of halogens is 1. The second-order valence-electron chi connectivity index (χ2n) is 5.05. The summed E-state index contributed by atoms with van der Waals surface area (Å²) in [6.45, 7) is 0.104. The first-order valence-electron chi connectivity index (χ1n) is 6.76. The van der Waals surface area contributed by atoms with E-state index in [9.17, 15) is 5.11 Å². The maximum atomic E-state index is 9.61. The molecule has 2 aromatic rings. The maximum Gasteiger partial charge on any atom is 0.0805 e. The topological polar surface area (TPSA) is 32.6 Å². The van der Waals surface area contributed by atoms with Crippen LogP contribution < -0.4 is 0 Å². The number of hydrogen-bond acceptors (Lipinski definition) is 2. The molecule has 3 heteroatoms. The van der Waals surface area contributed by atoms with E-state index < -0.39 is 0 Å². The van der Waals surface area contributed by atoms with Crippen LogP contribution in [0.15, 0.2) is 59.6 Å². The van der Waals surface area contributed by atoms with Crippen molar-refractivity contribution in [3.8, 4) is 0 Å². The average molecular weight is 377 g/mol. The third-order valence-corrected chi connectivity index (χ3v) is 4.51. The van der Waals surface area contributed by atoms with E-state index in [0.717, 1.165) is 12.1 Å². The van der Waals surface area contributed by atoms with Gasteiger partial charge < -0.3 is 5.11 Å². The summed E-state index contributed by atoms with van der Waals surface area (Å²) in [4.78, 5) is 4.72. The van der Waals surface area contributed by atoms with E-state index in [1.165, 1.54) is 14.7 Å². The van der Waals surface area contributed by atoms with Crippen molar-refractivity contribution in [1.29, 1.82) is 0 Å². The highest BCUT2D eigenvalue weighted by Gasteiger charge is 2.30. The summed E-state index contributed by atoms with van der Waals surface area (Å²) in [5.74, 6) is 0.284. The van der Waals surface area contributed by atoms with Crippen molar-refractivity contribution in [2.45, 2.75) is 18.4 Å². The fourth-order valence-corrected chi connectivity index (χ4v) is 3.09. The van der Waals surface area contributed by atoms with Crippen LogP contribution in [0.1, 0.15) is 23.5 Å². The molecular weight excluding hydrogens is 361 g/mol. The van der Waals surface area contributed by atoms with Crippen LogP contribution >= 0.6 is 22.6 Å². The highest BCUT2D eigenvalue weighted by molar-refractivity contribution is 14.1. The number of benzene rings is 2. The monoisotopic (exact) mass is 377 g/mol. The predicted octanol–water partition coefficient (Wildman–Crippen LogP) is 3.63. The Morgan fingerprint density at radius 2 is 1.75 bits per heavy atom. The van der Waals surface area contributed by atoms with Crippen LogP contribution in [0.3, 0.4) is 0 Å². The summed E-state index contributed by atoms with van der Waals surface area (Å²) in [7, 11) is 0. The molecule has 0 unspecified atom stereocenters. The van der Waals surface area contributed by atoms with Crippen molar-refractivity contribution in [1.82, 2.24) is 0 Å². The van der Waals surface area contributed by atoms with E-state index in [4.69, 9.17) is 4.99 Å². The van der Waals surface area contributed by atoms with Crippen LogP contribution in [0.25, 0.3) is 0 Å². The average Bonchev–Trinajstić information content (AvgIpc) is 2.93. The standard InChI is InChI=1S/C17H16INO/c18-14-8-6-12(7-9-14)15-10-16(19-17(15)11-20)13-4-2-1-3-5-13/h1-9,15,17,20H,10-11H2/t15-,17-/m1/s1. The van der Waals surface area contributed by atoms with Gasteiger partial charge in [-0.15, -0.1) is 0 Å². The van der Waals surface area contributed by atoms with Crippen LogP contribution in [0, 0.1) is 3.57 Å². The Labute approximate surface area is 132 Å². The molecule has 0 aromatic heterocycles. The van der Waals surface area contributed by atoms with Gasteiger partial charge in [0, 0.05) is 15.2 Å². The molecule has 1 N–H and O–H groups in total. The molecule has 0 saturated carbocycles. The Morgan fingerprint density at radius 3 is 2.40 bits per heavy atom. The number of aliphatic hydroxyl groups excluding tert-OH is 1. The molecule has 0 aliphatic carbocycles. The highest BCUT2D eigenvalue weighted by Crippen LogP contribution is 2.33. The lowest BCUT2D eigenvalue weighted by atomic mass is 9.89. The molecule has 20 heavy (non-hydrogen) atoms. The third-order valence-electron chi connectivity index (χ3n) is 3.79. The van der Waals surface area contributed by atoms with E-state index in [0.29, 0.717) is 0 Å². The van der Waals surface area contributed by atoms with Crippen LogP contribution in [-0.4, -0.2) is 23.5 Å². The van der Waals surface area contributed by atoms with Gasteiger partial charge in [0.2, 0.25) is 0 Å². The summed E-state index contributed by atoms with van der Waals surface area (Å²) in [5, 5.41) is 9.61. The van der Waals surface area contributed by atoms with Gasteiger partial charge in [-0.05, 0) is 52.3 Å². The van der Waals surface area contributed by atoms with Gasteiger partial charge in [-0.2, -0.15) is 0 Å². The van der Waals surface area contributed by atoms with Crippen molar-refractivity contribution in [3.63, 3.8) is 0 Å². The van der Waals surface area contributed by atoms with Crippen LogP contribution in [-0.2, 0) is 0 Å². The van der Waals surface area contributed by atoms with E-state index in [1.54, 1.807) is 0 Å². The summed E-state index contributed by atoms with van der Waals surface area (Å²) < 4.78 is 1.23. The minimum absolute atomic E-state index is 0.0229. The van der Waals surface area contributed by atoms with Crippen molar-refractivity contribution >= 4 is 28.3 Å². The highest BCUT2D eigenvalue weighted by atomic mass is 127. The molecule has 1 aliphatic rings. The fourth-order valence-electron chi connectivity index (χ4n) is 2.73. The molecule has 2 nitrogen and oxygen atoms in total. The van der Waals surface area contributed by atoms with E-state index in [2.05, 4.69) is 59.0 Å². The number of aliphatic hydroxyl groups is 1.